The average molecular weight is 493 g/mol. The molecule has 0 saturated heterocycles. The number of pyridine rings is 1. The highest BCUT2D eigenvalue weighted by Gasteiger charge is 2.19. The summed E-state index contributed by atoms with van der Waals surface area (Å²) in [5, 5.41) is 20.6. The summed E-state index contributed by atoms with van der Waals surface area (Å²) in [5.41, 5.74) is 3.62. The lowest BCUT2D eigenvalue weighted by Gasteiger charge is -2.10. The van der Waals surface area contributed by atoms with Crippen LogP contribution >= 0.6 is 22.9 Å². The third-order valence-corrected chi connectivity index (χ3v) is 6.30. The molecule has 0 aliphatic rings. The highest BCUT2D eigenvalue weighted by molar-refractivity contribution is 7.14. The molecular weight excluding hydrogens is 476 g/mol. The molecule has 0 aliphatic carbocycles. The number of H-pyrrole nitrogens is 1. The van der Waals surface area contributed by atoms with Crippen LogP contribution in [-0.2, 0) is 4.79 Å². The first kappa shape index (κ1) is 21.9. The van der Waals surface area contributed by atoms with Crippen molar-refractivity contribution in [2.45, 2.75) is 13.8 Å². The van der Waals surface area contributed by atoms with Gasteiger partial charge in [-0.05, 0) is 24.6 Å². The molecule has 3 aromatic heterocycles. The predicted octanol–water partition coefficient (Wildman–Crippen LogP) is 5.60. The lowest BCUT2D eigenvalue weighted by molar-refractivity contribution is -0.114. The zero-order chi connectivity index (χ0) is 24.0. The number of aromatic nitrogens is 3. The van der Waals surface area contributed by atoms with Crippen LogP contribution in [0, 0.1) is 6.92 Å². The Kier molecular flexibility index (Phi) is 5.43. The van der Waals surface area contributed by atoms with E-state index in [1.807, 2.05) is 29.6 Å². The molecule has 0 aliphatic heterocycles. The third-order valence-electron chi connectivity index (χ3n) is 5.23. The molecule has 0 saturated carbocycles. The number of aromatic amines is 1. The van der Waals surface area contributed by atoms with Gasteiger partial charge in [0.15, 0.2) is 10.9 Å². The van der Waals surface area contributed by atoms with E-state index in [0.717, 1.165) is 16.8 Å². The lowest BCUT2D eigenvalue weighted by Crippen LogP contribution is -2.09. The quantitative estimate of drug-likeness (QED) is 0.300. The van der Waals surface area contributed by atoms with Gasteiger partial charge < -0.3 is 19.9 Å². The largest absolute Gasteiger partial charge is 0.506 e. The van der Waals surface area contributed by atoms with Crippen LogP contribution in [0.5, 0.6) is 5.75 Å². The van der Waals surface area contributed by atoms with Gasteiger partial charge in [0.05, 0.1) is 21.9 Å². The maximum atomic E-state index is 12.6. The van der Waals surface area contributed by atoms with Crippen LogP contribution in [0.4, 0.5) is 5.13 Å². The number of anilines is 1. The Morgan fingerprint density at radius 2 is 1.91 bits per heavy atom. The second-order valence-electron chi connectivity index (χ2n) is 7.68. The van der Waals surface area contributed by atoms with Gasteiger partial charge in [0.25, 0.3) is 5.56 Å². The number of hydrogen-bond donors (Lipinski definition) is 3. The number of carbonyl (C=O) groups excluding carboxylic acids is 1. The molecule has 0 bridgehead atoms. The van der Waals surface area contributed by atoms with E-state index in [1.54, 1.807) is 25.1 Å². The third kappa shape index (κ3) is 3.95. The monoisotopic (exact) mass is 492 g/mol. The minimum absolute atomic E-state index is 0.00947. The first-order valence-corrected chi connectivity index (χ1v) is 11.4. The number of amides is 1. The molecule has 0 atom stereocenters. The summed E-state index contributed by atoms with van der Waals surface area (Å²) in [7, 11) is 0. The number of thiazole rings is 1. The van der Waals surface area contributed by atoms with Crippen molar-refractivity contribution in [3.8, 4) is 39.5 Å². The molecule has 0 spiro atoms. The molecule has 8 nitrogen and oxygen atoms in total. The van der Waals surface area contributed by atoms with Gasteiger partial charge in [-0.2, -0.15) is 0 Å². The zero-order valence-corrected chi connectivity index (χ0v) is 19.5. The van der Waals surface area contributed by atoms with E-state index in [-0.39, 0.29) is 23.0 Å². The number of halogens is 1. The molecule has 3 N–H and O–H groups in total. The van der Waals surface area contributed by atoms with Crippen molar-refractivity contribution < 1.29 is 14.4 Å². The Morgan fingerprint density at radius 1 is 1.18 bits per heavy atom. The number of nitrogens with one attached hydrogen (secondary N) is 2. The fraction of sp³-hybridized carbons (Fsp3) is 0.0833. The van der Waals surface area contributed by atoms with Crippen LogP contribution in [0.15, 0.2) is 57.2 Å². The Labute approximate surface area is 201 Å². The Morgan fingerprint density at radius 3 is 2.59 bits per heavy atom. The minimum Gasteiger partial charge on any atom is -0.506 e. The van der Waals surface area contributed by atoms with Crippen molar-refractivity contribution in [1.29, 1.82) is 0 Å². The van der Waals surface area contributed by atoms with Crippen molar-refractivity contribution in [1.82, 2.24) is 15.1 Å². The Balaban J connectivity index is 1.56. The van der Waals surface area contributed by atoms with Gasteiger partial charge >= 0.3 is 0 Å². The normalized spacial score (nSPS) is 11.1. The van der Waals surface area contributed by atoms with E-state index in [9.17, 15) is 14.7 Å². The summed E-state index contributed by atoms with van der Waals surface area (Å²) in [6, 6.07) is 12.5. The second kappa shape index (κ2) is 8.44. The van der Waals surface area contributed by atoms with E-state index in [0.29, 0.717) is 32.3 Å². The van der Waals surface area contributed by atoms with Crippen LogP contribution in [0.1, 0.15) is 12.6 Å². The summed E-state index contributed by atoms with van der Waals surface area (Å²) in [5.74, 6) is -0.202. The molecule has 2 aromatic carbocycles. The maximum Gasteiger partial charge on any atom is 0.263 e. The van der Waals surface area contributed by atoms with Gasteiger partial charge in [0.1, 0.15) is 11.3 Å². The minimum atomic E-state index is -0.504. The zero-order valence-electron chi connectivity index (χ0n) is 18.0. The van der Waals surface area contributed by atoms with E-state index in [4.69, 9.17) is 16.1 Å². The smallest absolute Gasteiger partial charge is 0.263 e. The summed E-state index contributed by atoms with van der Waals surface area (Å²) < 4.78 is 5.19. The second-order valence-corrected chi connectivity index (χ2v) is 8.95. The molecule has 34 heavy (non-hydrogen) atoms. The molecule has 10 heteroatoms. The number of nitrogens with zero attached hydrogens (tertiary/aromatic N) is 2. The topological polar surface area (TPSA) is 121 Å². The molecular formula is C24H17ClN4O4S. The molecule has 0 radical (unpaired) electrons. The molecule has 5 rings (SSSR count). The standard InChI is InChI=1S/C24H17ClN4O4S/c1-11-7-20(33-29-11)21-22(31)16-8-15(17(25)9-18(16)27-23(21)32)13-3-5-14(6-4-13)19-10-34-24(28-19)26-12(2)30/h3-10H,1-2H3,(H,26,28,30)(H2,27,31,32). The first-order chi connectivity index (χ1) is 16.3. The summed E-state index contributed by atoms with van der Waals surface area (Å²) in [6.45, 7) is 3.17. The number of fused-ring (bicyclic) bond motifs is 1. The lowest BCUT2D eigenvalue weighted by atomic mass is 9.99. The van der Waals surface area contributed by atoms with Crippen LogP contribution in [-0.4, -0.2) is 26.1 Å². The predicted molar refractivity (Wildman–Crippen MR) is 132 cm³/mol. The SMILES string of the molecule is CC(=O)Nc1nc(-c2ccc(-c3cc4c(O)c(-c5cc(C)no5)c(=O)[nH]c4cc3Cl)cc2)cs1. The Bertz CT molecular complexity index is 1620. The Hall–Kier alpha value is -3.95. The van der Waals surface area contributed by atoms with Gasteiger partial charge in [-0.3, -0.25) is 9.59 Å². The van der Waals surface area contributed by atoms with Gasteiger partial charge in [0, 0.05) is 34.9 Å². The molecule has 0 fully saturated rings. The maximum absolute atomic E-state index is 12.6. The fourth-order valence-electron chi connectivity index (χ4n) is 3.67. The number of hydrogen-bond acceptors (Lipinski definition) is 7. The van der Waals surface area contributed by atoms with Crippen molar-refractivity contribution in [3.05, 3.63) is 68.9 Å². The molecule has 170 valence electrons. The number of rotatable bonds is 4. The van der Waals surface area contributed by atoms with E-state index >= 15 is 0 Å². The highest BCUT2D eigenvalue weighted by atomic mass is 35.5. The van der Waals surface area contributed by atoms with E-state index in [2.05, 4.69) is 20.4 Å². The number of aromatic hydroxyl groups is 1. The molecule has 0 unspecified atom stereocenters. The van der Waals surface area contributed by atoms with Crippen LogP contribution in [0.2, 0.25) is 5.02 Å². The fourth-order valence-corrected chi connectivity index (χ4v) is 4.70. The van der Waals surface area contributed by atoms with Crippen molar-refractivity contribution in [2.75, 3.05) is 5.32 Å². The van der Waals surface area contributed by atoms with Crippen LogP contribution < -0.4 is 10.9 Å². The first-order valence-electron chi connectivity index (χ1n) is 10.2. The summed E-state index contributed by atoms with van der Waals surface area (Å²) >= 11 is 7.88. The van der Waals surface area contributed by atoms with Gasteiger partial charge in [-0.15, -0.1) is 11.3 Å². The summed E-state index contributed by atoms with van der Waals surface area (Å²) in [4.78, 5) is 31.0. The van der Waals surface area contributed by atoms with E-state index < -0.39 is 5.56 Å². The summed E-state index contributed by atoms with van der Waals surface area (Å²) in [6.07, 6.45) is 0. The van der Waals surface area contributed by atoms with Crippen LogP contribution in [0.25, 0.3) is 44.6 Å². The number of aryl methyl sites for hydroxylation is 1. The molecule has 1 amide bonds. The van der Waals surface area contributed by atoms with Crippen molar-refractivity contribution >= 4 is 44.9 Å². The van der Waals surface area contributed by atoms with E-state index in [1.165, 1.54) is 18.3 Å². The van der Waals surface area contributed by atoms with Crippen molar-refractivity contribution in [3.63, 3.8) is 0 Å². The average Bonchev–Trinajstić information content (AvgIpc) is 3.42. The number of carbonyl (C=O) groups is 1. The number of benzene rings is 2. The highest BCUT2D eigenvalue weighted by Crippen LogP contribution is 2.38. The van der Waals surface area contributed by atoms with Gasteiger partial charge in [0.2, 0.25) is 5.91 Å². The van der Waals surface area contributed by atoms with Crippen molar-refractivity contribution in [2.24, 2.45) is 0 Å². The van der Waals surface area contributed by atoms with Crippen LogP contribution in [0.3, 0.4) is 0 Å². The van der Waals surface area contributed by atoms with Gasteiger partial charge in [-0.1, -0.05) is 41.0 Å². The molecule has 3 heterocycles. The van der Waals surface area contributed by atoms with Gasteiger partial charge in [-0.25, -0.2) is 4.98 Å². The molecule has 5 aromatic rings.